The second kappa shape index (κ2) is 8.31. The van der Waals surface area contributed by atoms with E-state index in [1.54, 1.807) is 0 Å². The summed E-state index contributed by atoms with van der Waals surface area (Å²) in [5.74, 6) is 2.12. The van der Waals surface area contributed by atoms with Crippen LogP contribution in [0.15, 0.2) is 54.9 Å². The van der Waals surface area contributed by atoms with Gasteiger partial charge in [0.25, 0.3) is 0 Å². The Bertz CT molecular complexity index is 835. The van der Waals surface area contributed by atoms with E-state index in [9.17, 15) is 0 Å². The highest BCUT2D eigenvalue weighted by Gasteiger charge is 2.19. The van der Waals surface area contributed by atoms with E-state index in [-0.39, 0.29) is 0 Å². The van der Waals surface area contributed by atoms with Crippen molar-refractivity contribution in [3.63, 3.8) is 0 Å². The molecule has 140 valence electrons. The van der Waals surface area contributed by atoms with Gasteiger partial charge in [0.2, 0.25) is 0 Å². The maximum Gasteiger partial charge on any atom is 0.151 e. The molecule has 0 N–H and O–H groups in total. The maximum atomic E-state index is 4.53. The number of rotatable bonds is 6. The molecular formula is C21H26N6. The fourth-order valence-corrected chi connectivity index (χ4v) is 3.53. The van der Waals surface area contributed by atoms with Crippen molar-refractivity contribution in [2.24, 2.45) is 0 Å². The van der Waals surface area contributed by atoms with E-state index >= 15 is 0 Å². The van der Waals surface area contributed by atoms with E-state index in [0.29, 0.717) is 0 Å². The lowest BCUT2D eigenvalue weighted by molar-refractivity contribution is 0.240. The molecule has 1 saturated heterocycles. The molecule has 1 aliphatic heterocycles. The van der Waals surface area contributed by atoms with E-state index < -0.39 is 0 Å². The van der Waals surface area contributed by atoms with Gasteiger partial charge in [0.05, 0.1) is 12.2 Å². The van der Waals surface area contributed by atoms with E-state index in [4.69, 9.17) is 0 Å². The summed E-state index contributed by atoms with van der Waals surface area (Å²) in [6.07, 6.45) is 5.12. The van der Waals surface area contributed by atoms with Gasteiger partial charge in [-0.2, -0.15) is 0 Å². The van der Waals surface area contributed by atoms with Crippen molar-refractivity contribution in [2.75, 3.05) is 31.1 Å². The Labute approximate surface area is 160 Å². The molecule has 1 aliphatic rings. The summed E-state index contributed by atoms with van der Waals surface area (Å²) in [5, 5.41) is 8.88. The van der Waals surface area contributed by atoms with Gasteiger partial charge in [0, 0.05) is 50.7 Å². The SMILES string of the molecule is CCCn1ccnc1CN1CCN(c2ccc(-c3ccccc3)nn2)CC1. The van der Waals surface area contributed by atoms with Gasteiger partial charge in [0.1, 0.15) is 5.82 Å². The molecule has 0 aliphatic carbocycles. The second-order valence-electron chi connectivity index (χ2n) is 6.94. The van der Waals surface area contributed by atoms with Crippen molar-refractivity contribution < 1.29 is 0 Å². The van der Waals surface area contributed by atoms with Gasteiger partial charge >= 0.3 is 0 Å². The van der Waals surface area contributed by atoms with Crippen molar-refractivity contribution in [3.8, 4) is 11.3 Å². The lowest BCUT2D eigenvalue weighted by atomic mass is 10.1. The van der Waals surface area contributed by atoms with Crippen LogP contribution in [0, 0.1) is 0 Å². The normalized spacial score (nSPS) is 15.2. The first kappa shape index (κ1) is 17.7. The van der Waals surface area contributed by atoms with Crippen LogP contribution >= 0.6 is 0 Å². The van der Waals surface area contributed by atoms with Crippen molar-refractivity contribution >= 4 is 5.82 Å². The van der Waals surface area contributed by atoms with Gasteiger partial charge in [-0.3, -0.25) is 4.90 Å². The van der Waals surface area contributed by atoms with Crippen LogP contribution in [-0.2, 0) is 13.1 Å². The van der Waals surface area contributed by atoms with Crippen LogP contribution in [0.4, 0.5) is 5.82 Å². The zero-order chi connectivity index (χ0) is 18.5. The quantitative estimate of drug-likeness (QED) is 0.674. The largest absolute Gasteiger partial charge is 0.353 e. The third-order valence-electron chi connectivity index (χ3n) is 5.05. The molecule has 6 heteroatoms. The van der Waals surface area contributed by atoms with Gasteiger partial charge < -0.3 is 9.47 Å². The summed E-state index contributed by atoms with van der Waals surface area (Å²) in [4.78, 5) is 9.32. The molecule has 2 aromatic heterocycles. The third kappa shape index (κ3) is 4.17. The highest BCUT2D eigenvalue weighted by atomic mass is 15.3. The number of hydrogen-bond donors (Lipinski definition) is 0. The number of nitrogens with zero attached hydrogens (tertiary/aromatic N) is 6. The molecule has 6 nitrogen and oxygen atoms in total. The maximum absolute atomic E-state index is 4.53. The number of imidazole rings is 1. The van der Waals surface area contributed by atoms with Gasteiger partial charge in [0.15, 0.2) is 5.82 Å². The van der Waals surface area contributed by atoms with Gasteiger partial charge in [-0.1, -0.05) is 37.3 Å². The van der Waals surface area contributed by atoms with Gasteiger partial charge in [-0.05, 0) is 18.6 Å². The number of piperazine rings is 1. The zero-order valence-electron chi connectivity index (χ0n) is 15.8. The summed E-state index contributed by atoms with van der Waals surface area (Å²) in [6, 6.07) is 14.3. The molecule has 1 aromatic carbocycles. The molecule has 0 spiro atoms. The summed E-state index contributed by atoms with van der Waals surface area (Å²) in [6.45, 7) is 8.12. The fourth-order valence-electron chi connectivity index (χ4n) is 3.53. The predicted molar refractivity (Wildman–Crippen MR) is 107 cm³/mol. The predicted octanol–water partition coefficient (Wildman–Crippen LogP) is 3.07. The molecular weight excluding hydrogens is 336 g/mol. The van der Waals surface area contributed by atoms with Gasteiger partial charge in [-0.25, -0.2) is 4.98 Å². The van der Waals surface area contributed by atoms with Crippen LogP contribution in [0.3, 0.4) is 0 Å². The minimum absolute atomic E-state index is 0.916. The Morgan fingerprint density at radius 2 is 1.74 bits per heavy atom. The smallest absolute Gasteiger partial charge is 0.151 e. The average molecular weight is 362 g/mol. The van der Waals surface area contributed by atoms with Crippen molar-refractivity contribution in [1.82, 2.24) is 24.6 Å². The Hall–Kier alpha value is -2.73. The Morgan fingerprint density at radius 3 is 2.44 bits per heavy atom. The minimum atomic E-state index is 0.916. The molecule has 0 bridgehead atoms. The number of aromatic nitrogens is 4. The molecule has 0 amide bonds. The van der Waals surface area contributed by atoms with Crippen LogP contribution in [0.1, 0.15) is 19.2 Å². The summed E-state index contributed by atoms with van der Waals surface area (Å²) < 4.78 is 2.26. The average Bonchev–Trinajstić information content (AvgIpc) is 3.16. The zero-order valence-corrected chi connectivity index (χ0v) is 15.8. The molecule has 0 saturated carbocycles. The lowest BCUT2D eigenvalue weighted by Gasteiger charge is -2.35. The topological polar surface area (TPSA) is 50.1 Å². The standard InChI is InChI=1S/C21H26N6/c1-2-11-26-12-10-22-21(26)17-25-13-15-27(16-14-25)20-9-8-19(23-24-20)18-6-4-3-5-7-18/h3-10,12H,2,11,13-17H2,1H3. The Balaban J connectivity index is 1.34. The second-order valence-corrected chi connectivity index (χ2v) is 6.94. The van der Waals surface area contributed by atoms with Crippen LogP contribution < -0.4 is 4.90 Å². The van der Waals surface area contributed by atoms with Gasteiger partial charge in [-0.15, -0.1) is 10.2 Å². The Morgan fingerprint density at radius 1 is 0.926 bits per heavy atom. The van der Waals surface area contributed by atoms with Crippen LogP contribution in [0.5, 0.6) is 0 Å². The first-order chi connectivity index (χ1) is 13.3. The molecule has 0 radical (unpaired) electrons. The van der Waals surface area contributed by atoms with E-state index in [2.05, 4.69) is 66.9 Å². The molecule has 27 heavy (non-hydrogen) atoms. The number of anilines is 1. The van der Waals surface area contributed by atoms with Crippen LogP contribution in [0.2, 0.25) is 0 Å². The minimum Gasteiger partial charge on any atom is -0.353 e. The molecule has 1 fully saturated rings. The van der Waals surface area contributed by atoms with E-state index in [0.717, 1.165) is 68.6 Å². The van der Waals surface area contributed by atoms with Crippen molar-refractivity contribution in [2.45, 2.75) is 26.4 Å². The van der Waals surface area contributed by atoms with E-state index in [1.165, 1.54) is 0 Å². The first-order valence-corrected chi connectivity index (χ1v) is 9.70. The molecule has 0 unspecified atom stereocenters. The number of aryl methyl sites for hydroxylation is 1. The number of benzene rings is 1. The van der Waals surface area contributed by atoms with Crippen LogP contribution in [0.25, 0.3) is 11.3 Å². The molecule has 3 heterocycles. The summed E-state index contributed by atoms with van der Waals surface area (Å²) >= 11 is 0. The highest BCUT2D eigenvalue weighted by molar-refractivity contribution is 5.59. The first-order valence-electron chi connectivity index (χ1n) is 9.70. The summed E-state index contributed by atoms with van der Waals surface area (Å²) in [7, 11) is 0. The summed E-state index contributed by atoms with van der Waals surface area (Å²) in [5.41, 5.74) is 2.02. The Kier molecular flexibility index (Phi) is 5.44. The monoisotopic (exact) mass is 362 g/mol. The van der Waals surface area contributed by atoms with E-state index in [1.807, 2.05) is 24.4 Å². The molecule has 0 atom stereocenters. The highest BCUT2D eigenvalue weighted by Crippen LogP contribution is 2.19. The number of hydrogen-bond acceptors (Lipinski definition) is 5. The van der Waals surface area contributed by atoms with Crippen molar-refractivity contribution in [3.05, 3.63) is 60.7 Å². The van der Waals surface area contributed by atoms with Crippen molar-refractivity contribution in [1.29, 1.82) is 0 Å². The fraction of sp³-hybridized carbons (Fsp3) is 0.381. The lowest BCUT2D eigenvalue weighted by Crippen LogP contribution is -2.46. The molecule has 3 aromatic rings. The molecule has 4 rings (SSSR count). The third-order valence-corrected chi connectivity index (χ3v) is 5.05. The van der Waals surface area contributed by atoms with Crippen LogP contribution in [-0.4, -0.2) is 50.8 Å².